The number of fused-ring (bicyclic) bond motifs is 6. The smallest absolute Gasteiger partial charge is 0.339 e. The van der Waals surface area contributed by atoms with E-state index in [1.54, 1.807) is 17.6 Å². The van der Waals surface area contributed by atoms with Crippen LogP contribution in [0.15, 0.2) is 48.7 Å². The van der Waals surface area contributed by atoms with Gasteiger partial charge in [0.05, 0.1) is 6.20 Å². The van der Waals surface area contributed by atoms with Crippen LogP contribution >= 0.6 is 11.6 Å². The second kappa shape index (κ2) is 10.8. The molecule has 0 saturated carbocycles. The molecule has 178 valence electrons. The minimum atomic E-state index is -4.64. The van der Waals surface area contributed by atoms with Crippen LogP contribution in [0.3, 0.4) is 0 Å². The number of anilines is 5. The van der Waals surface area contributed by atoms with Gasteiger partial charge in [-0.25, -0.2) is 15.3 Å². The topological polar surface area (TPSA) is 128 Å². The largest absolute Gasteiger partial charge is 0.446 e. The number of hydrogen-bond donors (Lipinski definition) is 5. The SMILES string of the molecule is O=C(NO)Nc1ccc2cc1CCc1cccc(c1)Nc1ncc(Cl)c(n1)N2.O=CC(F)(F)F. The van der Waals surface area contributed by atoms with Crippen molar-refractivity contribution >= 4 is 52.7 Å². The van der Waals surface area contributed by atoms with E-state index in [-0.39, 0.29) is 0 Å². The van der Waals surface area contributed by atoms with E-state index in [4.69, 9.17) is 21.6 Å². The highest BCUT2D eigenvalue weighted by Crippen LogP contribution is 2.29. The number of amides is 2. The summed E-state index contributed by atoms with van der Waals surface area (Å²) in [6, 6.07) is 12.7. The summed E-state index contributed by atoms with van der Waals surface area (Å²) < 4.78 is 31.2. The minimum absolute atomic E-state index is 0.387. The molecule has 5 N–H and O–H groups in total. The number of aldehydes is 1. The Labute approximate surface area is 196 Å². The Kier molecular flexibility index (Phi) is 7.87. The Bertz CT molecular complexity index is 1190. The summed E-state index contributed by atoms with van der Waals surface area (Å²) in [6.45, 7) is 0. The third kappa shape index (κ3) is 7.05. The van der Waals surface area contributed by atoms with Crippen molar-refractivity contribution in [2.24, 2.45) is 0 Å². The molecule has 1 aliphatic rings. The van der Waals surface area contributed by atoms with Crippen LogP contribution in [0, 0.1) is 0 Å². The molecule has 0 spiro atoms. The number of halogens is 4. The number of hydroxylamine groups is 1. The van der Waals surface area contributed by atoms with Crippen molar-refractivity contribution < 1.29 is 28.0 Å². The average Bonchev–Trinajstić information content (AvgIpc) is 2.81. The molecule has 0 atom stereocenters. The van der Waals surface area contributed by atoms with Crippen molar-refractivity contribution in [2.75, 3.05) is 16.0 Å². The second-order valence-corrected chi connectivity index (χ2v) is 7.35. The normalized spacial score (nSPS) is 12.1. The molecule has 2 aromatic carbocycles. The zero-order valence-corrected chi connectivity index (χ0v) is 18.0. The fraction of sp³-hybridized carbons (Fsp3) is 0.143. The molecule has 3 aromatic rings. The Balaban J connectivity index is 0.000000481. The molecule has 13 heteroatoms. The molecule has 2 heterocycles. The summed E-state index contributed by atoms with van der Waals surface area (Å²) in [5.74, 6) is 0.899. The Morgan fingerprint density at radius 3 is 2.56 bits per heavy atom. The minimum Gasteiger partial charge on any atom is -0.339 e. The van der Waals surface area contributed by atoms with Crippen molar-refractivity contribution in [1.82, 2.24) is 15.4 Å². The van der Waals surface area contributed by atoms with E-state index in [0.29, 0.717) is 28.9 Å². The molecule has 9 nitrogen and oxygen atoms in total. The first-order valence-electron chi connectivity index (χ1n) is 9.69. The number of aryl methyl sites for hydroxylation is 2. The third-order valence-corrected chi connectivity index (χ3v) is 4.74. The van der Waals surface area contributed by atoms with Gasteiger partial charge in [-0.2, -0.15) is 18.2 Å². The van der Waals surface area contributed by atoms with Crippen molar-refractivity contribution in [3.8, 4) is 0 Å². The van der Waals surface area contributed by atoms with Crippen molar-refractivity contribution in [3.05, 3.63) is 64.8 Å². The lowest BCUT2D eigenvalue weighted by Gasteiger charge is -2.14. The highest BCUT2D eigenvalue weighted by Gasteiger charge is 2.24. The molecule has 2 amide bonds. The number of urea groups is 1. The van der Waals surface area contributed by atoms with Crippen LogP contribution in [0.4, 0.5) is 46.8 Å². The van der Waals surface area contributed by atoms with E-state index in [0.717, 1.165) is 28.9 Å². The highest BCUT2D eigenvalue weighted by molar-refractivity contribution is 6.32. The predicted molar refractivity (Wildman–Crippen MR) is 120 cm³/mol. The van der Waals surface area contributed by atoms with Crippen molar-refractivity contribution in [1.29, 1.82) is 0 Å². The standard InChI is InChI=1S/C19H17ClN6O2.C2HF3O/c20-15-10-21-18-23-13-3-1-2-11(8-13)4-5-12-9-14(22-17(15)25-18)6-7-16(12)24-19(27)26-28;3-2(4,5)1-6/h1-3,6-10,28H,4-5H2,(H2,24,26,27)(H2,21,22,23,25);1H. The molecule has 0 aliphatic carbocycles. The molecule has 34 heavy (non-hydrogen) atoms. The molecule has 1 aromatic heterocycles. The van der Waals surface area contributed by atoms with Gasteiger partial charge >= 0.3 is 12.2 Å². The van der Waals surface area contributed by atoms with E-state index >= 15 is 0 Å². The number of carbonyl (C=O) groups excluding carboxylic acids is 2. The number of nitrogens with one attached hydrogen (secondary N) is 4. The summed E-state index contributed by atoms with van der Waals surface area (Å²) in [5, 5.41) is 18.2. The lowest BCUT2D eigenvalue weighted by atomic mass is 10.0. The monoisotopic (exact) mass is 494 g/mol. The van der Waals surface area contributed by atoms with Crippen molar-refractivity contribution in [3.63, 3.8) is 0 Å². The van der Waals surface area contributed by atoms with Gasteiger partial charge in [0, 0.05) is 17.1 Å². The van der Waals surface area contributed by atoms with Gasteiger partial charge in [-0.1, -0.05) is 23.7 Å². The highest BCUT2D eigenvalue weighted by atomic mass is 35.5. The molecule has 0 radical (unpaired) electrons. The number of hydrogen-bond acceptors (Lipinski definition) is 7. The fourth-order valence-electron chi connectivity index (χ4n) is 3.01. The second-order valence-electron chi connectivity index (χ2n) is 6.94. The van der Waals surface area contributed by atoms with Crippen LogP contribution in [0.5, 0.6) is 0 Å². The van der Waals surface area contributed by atoms with Crippen LogP contribution < -0.4 is 21.4 Å². The molecule has 1 aliphatic heterocycles. The first-order valence-corrected chi connectivity index (χ1v) is 10.1. The first kappa shape index (κ1) is 24.7. The lowest BCUT2D eigenvalue weighted by Crippen LogP contribution is -2.25. The molecular weight excluding hydrogens is 477 g/mol. The van der Waals surface area contributed by atoms with Crippen molar-refractivity contribution in [2.45, 2.75) is 19.0 Å². The molecular formula is C21H18ClF3N6O3. The maximum absolute atomic E-state index is 11.5. The first-order chi connectivity index (χ1) is 16.2. The van der Waals surface area contributed by atoms with Crippen LogP contribution in [0.25, 0.3) is 0 Å². The summed E-state index contributed by atoms with van der Waals surface area (Å²) in [5.41, 5.74) is 5.85. The van der Waals surface area contributed by atoms with Crippen LogP contribution in [0.2, 0.25) is 5.02 Å². The van der Waals surface area contributed by atoms with E-state index < -0.39 is 18.5 Å². The predicted octanol–water partition coefficient (Wildman–Crippen LogP) is 4.97. The Morgan fingerprint density at radius 2 is 1.85 bits per heavy atom. The summed E-state index contributed by atoms with van der Waals surface area (Å²) in [4.78, 5) is 28.9. The number of benzene rings is 2. The van der Waals surface area contributed by atoms with E-state index in [2.05, 4.69) is 25.9 Å². The number of aromatic nitrogens is 2. The summed E-state index contributed by atoms with van der Waals surface area (Å²) in [7, 11) is 0. The molecule has 0 saturated heterocycles. The average molecular weight is 495 g/mol. The Morgan fingerprint density at radius 1 is 1.12 bits per heavy atom. The molecule has 0 unspecified atom stereocenters. The summed E-state index contributed by atoms with van der Waals surface area (Å²) in [6.07, 6.45) is -2.73. The maximum Gasteiger partial charge on any atom is 0.446 e. The van der Waals surface area contributed by atoms with Gasteiger partial charge in [-0.15, -0.1) is 0 Å². The molecule has 0 fully saturated rings. The maximum atomic E-state index is 11.5. The number of nitrogens with zero attached hydrogens (tertiary/aromatic N) is 2. The van der Waals surface area contributed by atoms with Gasteiger partial charge in [-0.05, 0) is 54.3 Å². The van der Waals surface area contributed by atoms with Crippen LogP contribution in [-0.4, -0.2) is 33.7 Å². The van der Waals surface area contributed by atoms with Gasteiger partial charge in [0.25, 0.3) is 0 Å². The lowest BCUT2D eigenvalue weighted by molar-refractivity contribution is -0.156. The zero-order valence-electron chi connectivity index (χ0n) is 17.3. The van der Waals surface area contributed by atoms with E-state index in [1.807, 2.05) is 30.3 Å². The van der Waals surface area contributed by atoms with Crippen LogP contribution in [-0.2, 0) is 17.6 Å². The Hall–Kier alpha value is -3.90. The number of carbonyl (C=O) groups is 2. The van der Waals surface area contributed by atoms with Gasteiger partial charge in [0.2, 0.25) is 12.2 Å². The third-order valence-electron chi connectivity index (χ3n) is 4.46. The van der Waals surface area contributed by atoms with Gasteiger partial charge in [-0.3, -0.25) is 10.0 Å². The van der Waals surface area contributed by atoms with E-state index in [9.17, 15) is 18.0 Å². The molecule has 6 bridgehead atoms. The zero-order chi connectivity index (χ0) is 24.7. The quantitative estimate of drug-likeness (QED) is 0.183. The van der Waals surface area contributed by atoms with Gasteiger partial charge in [0.15, 0.2) is 5.82 Å². The van der Waals surface area contributed by atoms with E-state index in [1.165, 1.54) is 6.20 Å². The summed E-state index contributed by atoms with van der Waals surface area (Å²) >= 11 is 6.24. The van der Waals surface area contributed by atoms with Gasteiger partial charge < -0.3 is 16.0 Å². The van der Waals surface area contributed by atoms with Crippen LogP contribution in [0.1, 0.15) is 11.1 Å². The fourth-order valence-corrected chi connectivity index (χ4v) is 3.15. The molecule has 4 rings (SSSR count). The number of rotatable bonds is 1. The number of alkyl halides is 3. The van der Waals surface area contributed by atoms with Gasteiger partial charge in [0.1, 0.15) is 5.02 Å².